The van der Waals surface area contributed by atoms with E-state index in [2.05, 4.69) is 11.2 Å². The Morgan fingerprint density at radius 3 is 2.80 bits per heavy atom. The van der Waals surface area contributed by atoms with Crippen LogP contribution in [0.1, 0.15) is 23.6 Å². The highest BCUT2D eigenvalue weighted by Gasteiger charge is 2.04. The van der Waals surface area contributed by atoms with E-state index in [9.17, 15) is 0 Å². The third kappa shape index (κ3) is 3.15. The molecule has 2 aromatic rings. The van der Waals surface area contributed by atoms with E-state index in [0.717, 1.165) is 11.1 Å². The number of hydrogen-bond donors (Lipinski definition) is 1. The van der Waals surface area contributed by atoms with Crippen LogP contribution in [-0.2, 0) is 6.61 Å². The molecule has 4 heteroatoms. The second-order valence-electron chi connectivity index (χ2n) is 4.27. The number of benzene rings is 2. The van der Waals surface area contributed by atoms with Crippen LogP contribution in [0.4, 0.5) is 0 Å². The van der Waals surface area contributed by atoms with Gasteiger partial charge in [0.2, 0.25) is 0 Å². The monoisotopic (exact) mass is 266 g/mol. The molecule has 0 unspecified atom stereocenters. The van der Waals surface area contributed by atoms with Crippen molar-refractivity contribution in [3.05, 3.63) is 65.2 Å². The van der Waals surface area contributed by atoms with Gasteiger partial charge in [-0.25, -0.2) is 0 Å². The Morgan fingerprint density at radius 1 is 1.25 bits per heavy atom. The highest BCUT2D eigenvalue weighted by molar-refractivity contribution is 5.98. The molecule has 0 aliphatic carbocycles. The van der Waals surface area contributed by atoms with Crippen molar-refractivity contribution in [1.82, 2.24) is 0 Å². The molecule has 0 atom stereocenters. The lowest BCUT2D eigenvalue weighted by Crippen LogP contribution is -2.00. The van der Waals surface area contributed by atoms with Crippen LogP contribution < -0.4 is 4.74 Å². The van der Waals surface area contributed by atoms with Gasteiger partial charge in [0, 0.05) is 11.1 Å². The number of rotatable bonds is 4. The maximum atomic E-state index is 9.02. The lowest BCUT2D eigenvalue weighted by atomic mass is 10.1. The zero-order valence-corrected chi connectivity index (χ0v) is 11.1. The standard InChI is InChI=1S/C16H14N2O2/c1-12(18-19)13-7-4-8-16(9-13)20-11-15-6-3-2-5-14(15)10-17/h2-9,19H,11H2,1H3/b18-12+. The summed E-state index contributed by atoms with van der Waals surface area (Å²) in [6.07, 6.45) is 0. The quantitative estimate of drug-likeness (QED) is 0.524. The normalized spacial score (nSPS) is 10.9. The summed E-state index contributed by atoms with van der Waals surface area (Å²) in [7, 11) is 0. The molecule has 0 radical (unpaired) electrons. The van der Waals surface area contributed by atoms with Crippen molar-refractivity contribution in [3.8, 4) is 11.8 Å². The third-order valence-electron chi connectivity index (χ3n) is 2.93. The molecule has 0 spiro atoms. The van der Waals surface area contributed by atoms with Crippen molar-refractivity contribution >= 4 is 5.71 Å². The molecule has 4 nitrogen and oxygen atoms in total. The highest BCUT2D eigenvalue weighted by Crippen LogP contribution is 2.17. The molecule has 0 aliphatic heterocycles. The van der Waals surface area contributed by atoms with Crippen LogP contribution >= 0.6 is 0 Å². The number of nitrogens with zero attached hydrogens (tertiary/aromatic N) is 2. The van der Waals surface area contributed by atoms with Gasteiger partial charge < -0.3 is 9.94 Å². The molecule has 0 saturated carbocycles. The smallest absolute Gasteiger partial charge is 0.120 e. The number of nitriles is 1. The molecule has 2 aromatic carbocycles. The van der Waals surface area contributed by atoms with E-state index in [4.69, 9.17) is 15.2 Å². The van der Waals surface area contributed by atoms with E-state index < -0.39 is 0 Å². The minimum absolute atomic E-state index is 0.322. The van der Waals surface area contributed by atoms with Gasteiger partial charge in [-0.05, 0) is 25.1 Å². The number of hydrogen-bond acceptors (Lipinski definition) is 4. The summed E-state index contributed by atoms with van der Waals surface area (Å²) in [5.74, 6) is 0.665. The Morgan fingerprint density at radius 2 is 2.05 bits per heavy atom. The van der Waals surface area contributed by atoms with Crippen LogP contribution in [0, 0.1) is 11.3 Å². The van der Waals surface area contributed by atoms with Crippen LogP contribution in [0.3, 0.4) is 0 Å². The lowest BCUT2D eigenvalue weighted by molar-refractivity contribution is 0.305. The van der Waals surface area contributed by atoms with Gasteiger partial charge in [-0.1, -0.05) is 35.5 Å². The van der Waals surface area contributed by atoms with Gasteiger partial charge in [-0.15, -0.1) is 0 Å². The summed E-state index contributed by atoms with van der Waals surface area (Å²) in [6.45, 7) is 2.03. The molecule has 2 rings (SSSR count). The second kappa shape index (κ2) is 6.39. The molecule has 0 fully saturated rings. The van der Waals surface area contributed by atoms with E-state index in [1.54, 1.807) is 19.1 Å². The van der Waals surface area contributed by atoms with Crippen molar-refractivity contribution in [1.29, 1.82) is 5.26 Å². The van der Waals surface area contributed by atoms with E-state index >= 15 is 0 Å². The Hall–Kier alpha value is -2.80. The van der Waals surface area contributed by atoms with Crippen LogP contribution in [0.25, 0.3) is 0 Å². The molecular weight excluding hydrogens is 252 g/mol. The number of oxime groups is 1. The van der Waals surface area contributed by atoms with Crippen molar-refractivity contribution in [2.45, 2.75) is 13.5 Å². The summed E-state index contributed by atoms with van der Waals surface area (Å²) in [5, 5.41) is 20.9. The molecular formula is C16H14N2O2. The minimum Gasteiger partial charge on any atom is -0.489 e. The first-order valence-electron chi connectivity index (χ1n) is 6.14. The van der Waals surface area contributed by atoms with E-state index in [-0.39, 0.29) is 0 Å². The molecule has 0 aliphatic rings. The largest absolute Gasteiger partial charge is 0.489 e. The van der Waals surface area contributed by atoms with Crippen LogP contribution in [-0.4, -0.2) is 10.9 Å². The average molecular weight is 266 g/mol. The van der Waals surface area contributed by atoms with E-state index in [1.165, 1.54) is 0 Å². The van der Waals surface area contributed by atoms with Crippen LogP contribution in [0.5, 0.6) is 5.75 Å². The van der Waals surface area contributed by atoms with Crippen molar-refractivity contribution < 1.29 is 9.94 Å². The summed E-state index contributed by atoms with van der Waals surface area (Å²) in [6, 6.07) is 16.7. The lowest BCUT2D eigenvalue weighted by Gasteiger charge is -2.08. The van der Waals surface area contributed by atoms with Crippen molar-refractivity contribution in [2.24, 2.45) is 5.16 Å². The number of ether oxygens (including phenoxy) is 1. The minimum atomic E-state index is 0.322. The topological polar surface area (TPSA) is 65.6 Å². The molecule has 0 bridgehead atoms. The fourth-order valence-corrected chi connectivity index (χ4v) is 1.78. The van der Waals surface area contributed by atoms with Gasteiger partial charge in [0.25, 0.3) is 0 Å². The molecule has 100 valence electrons. The predicted octanol–water partition coefficient (Wildman–Crippen LogP) is 3.34. The zero-order valence-electron chi connectivity index (χ0n) is 11.1. The van der Waals surface area contributed by atoms with Gasteiger partial charge in [0.1, 0.15) is 12.4 Å². The first kappa shape index (κ1) is 13.6. The third-order valence-corrected chi connectivity index (χ3v) is 2.93. The van der Waals surface area contributed by atoms with Gasteiger partial charge in [0.15, 0.2) is 0 Å². The van der Waals surface area contributed by atoms with Gasteiger partial charge in [-0.3, -0.25) is 0 Å². The van der Waals surface area contributed by atoms with Gasteiger partial charge in [0.05, 0.1) is 17.3 Å². The molecule has 20 heavy (non-hydrogen) atoms. The Balaban J connectivity index is 2.14. The second-order valence-corrected chi connectivity index (χ2v) is 4.27. The summed E-state index contributed by atoms with van der Waals surface area (Å²) in [5.41, 5.74) is 2.76. The highest BCUT2D eigenvalue weighted by atomic mass is 16.5. The van der Waals surface area contributed by atoms with Crippen LogP contribution in [0.15, 0.2) is 53.7 Å². The van der Waals surface area contributed by atoms with Crippen LogP contribution in [0.2, 0.25) is 0 Å². The van der Waals surface area contributed by atoms with E-state index in [1.807, 2.05) is 36.4 Å². The maximum Gasteiger partial charge on any atom is 0.120 e. The first-order valence-corrected chi connectivity index (χ1v) is 6.14. The first-order chi connectivity index (χ1) is 9.74. The Bertz CT molecular complexity index is 672. The fraction of sp³-hybridized carbons (Fsp3) is 0.125. The zero-order chi connectivity index (χ0) is 14.4. The van der Waals surface area contributed by atoms with Crippen molar-refractivity contribution in [2.75, 3.05) is 0 Å². The summed E-state index contributed by atoms with van der Waals surface area (Å²) in [4.78, 5) is 0. The summed E-state index contributed by atoms with van der Waals surface area (Å²) < 4.78 is 5.68. The van der Waals surface area contributed by atoms with Gasteiger partial charge in [-0.2, -0.15) is 5.26 Å². The Kier molecular flexibility index (Phi) is 4.35. The average Bonchev–Trinajstić information content (AvgIpc) is 2.52. The molecule has 0 saturated heterocycles. The molecule has 0 heterocycles. The van der Waals surface area contributed by atoms with Gasteiger partial charge >= 0.3 is 0 Å². The fourth-order valence-electron chi connectivity index (χ4n) is 1.78. The molecule has 1 N–H and O–H groups in total. The predicted molar refractivity (Wildman–Crippen MR) is 75.9 cm³/mol. The van der Waals surface area contributed by atoms with E-state index in [0.29, 0.717) is 23.6 Å². The Labute approximate surface area is 117 Å². The summed E-state index contributed by atoms with van der Waals surface area (Å²) >= 11 is 0. The molecule has 0 amide bonds. The van der Waals surface area contributed by atoms with Crippen molar-refractivity contribution in [3.63, 3.8) is 0 Å². The SMILES string of the molecule is C/C(=N\O)c1cccc(OCc2ccccc2C#N)c1. The maximum absolute atomic E-state index is 9.02. The molecule has 0 aromatic heterocycles.